The third-order valence-electron chi connectivity index (χ3n) is 5.61. The molecule has 158 valence electrons. The molecule has 1 fully saturated rings. The van der Waals surface area contributed by atoms with Crippen LogP contribution in [0.15, 0.2) is 57.7 Å². The molecular weight excluding hydrogens is 380 g/mol. The number of hydrogen-bond acceptors (Lipinski definition) is 6. The molecular formula is C24H28N2O4. The maximum absolute atomic E-state index is 11.6. The second-order valence-electron chi connectivity index (χ2n) is 7.61. The van der Waals surface area contributed by atoms with Gasteiger partial charge in [0.2, 0.25) is 0 Å². The van der Waals surface area contributed by atoms with E-state index in [0.717, 1.165) is 50.1 Å². The average Bonchev–Trinajstić information content (AvgIpc) is 2.77. The van der Waals surface area contributed by atoms with Gasteiger partial charge in [0, 0.05) is 55.9 Å². The van der Waals surface area contributed by atoms with Crippen molar-refractivity contribution >= 4 is 16.7 Å². The fourth-order valence-corrected chi connectivity index (χ4v) is 3.94. The van der Waals surface area contributed by atoms with Crippen molar-refractivity contribution in [1.29, 1.82) is 0 Å². The molecule has 1 saturated heterocycles. The van der Waals surface area contributed by atoms with Crippen LogP contribution in [-0.2, 0) is 0 Å². The van der Waals surface area contributed by atoms with E-state index in [4.69, 9.17) is 13.9 Å². The van der Waals surface area contributed by atoms with Gasteiger partial charge in [0.25, 0.3) is 0 Å². The second kappa shape index (κ2) is 9.22. The Labute approximate surface area is 176 Å². The van der Waals surface area contributed by atoms with E-state index in [1.807, 2.05) is 13.0 Å². The van der Waals surface area contributed by atoms with Crippen molar-refractivity contribution in [3.63, 3.8) is 0 Å². The van der Waals surface area contributed by atoms with Gasteiger partial charge in [0.15, 0.2) is 11.5 Å². The molecule has 0 atom stereocenters. The lowest BCUT2D eigenvalue weighted by Crippen LogP contribution is -2.46. The van der Waals surface area contributed by atoms with Gasteiger partial charge in [-0.15, -0.1) is 0 Å². The van der Waals surface area contributed by atoms with Crippen molar-refractivity contribution in [3.8, 4) is 11.5 Å². The number of rotatable bonds is 7. The minimum absolute atomic E-state index is 0.358. The molecule has 0 saturated carbocycles. The second-order valence-corrected chi connectivity index (χ2v) is 7.61. The molecule has 0 aliphatic carbocycles. The van der Waals surface area contributed by atoms with Crippen LogP contribution < -0.4 is 20.0 Å². The summed E-state index contributed by atoms with van der Waals surface area (Å²) in [7, 11) is 1.59. The Balaban J connectivity index is 1.30. The molecule has 1 aliphatic rings. The van der Waals surface area contributed by atoms with Gasteiger partial charge in [-0.1, -0.05) is 18.2 Å². The number of para-hydroxylation sites is 1. The maximum Gasteiger partial charge on any atom is 0.336 e. The number of piperazine rings is 1. The Hall–Kier alpha value is -2.99. The van der Waals surface area contributed by atoms with Gasteiger partial charge in [-0.3, -0.25) is 4.90 Å². The van der Waals surface area contributed by atoms with Crippen molar-refractivity contribution < 1.29 is 13.9 Å². The lowest BCUT2D eigenvalue weighted by Gasteiger charge is -2.36. The van der Waals surface area contributed by atoms with Crippen LogP contribution in [0.2, 0.25) is 0 Å². The lowest BCUT2D eigenvalue weighted by molar-refractivity contribution is 0.221. The normalized spacial score (nSPS) is 14.8. The summed E-state index contributed by atoms with van der Waals surface area (Å²) in [5, 5.41) is 0.863. The molecule has 6 nitrogen and oxygen atoms in total. The fraction of sp³-hybridized carbons (Fsp3) is 0.375. The van der Waals surface area contributed by atoms with Crippen molar-refractivity contribution in [2.75, 3.05) is 51.3 Å². The first-order valence-electron chi connectivity index (χ1n) is 10.4. The molecule has 2 heterocycles. The molecule has 0 radical (unpaired) electrons. The molecule has 0 spiro atoms. The Morgan fingerprint density at radius 2 is 1.77 bits per heavy atom. The minimum atomic E-state index is -0.358. The van der Waals surface area contributed by atoms with E-state index in [0.29, 0.717) is 23.7 Å². The summed E-state index contributed by atoms with van der Waals surface area (Å²) in [6, 6.07) is 15.7. The molecule has 4 rings (SSSR count). The van der Waals surface area contributed by atoms with Gasteiger partial charge in [-0.2, -0.15) is 0 Å². The molecule has 0 unspecified atom stereocenters. The largest absolute Gasteiger partial charge is 0.493 e. The Kier molecular flexibility index (Phi) is 6.23. The Bertz CT molecular complexity index is 1040. The zero-order valence-corrected chi connectivity index (χ0v) is 17.6. The number of anilines is 1. The lowest BCUT2D eigenvalue weighted by atomic mass is 10.1. The molecule has 1 aliphatic heterocycles. The quantitative estimate of drug-likeness (QED) is 0.439. The van der Waals surface area contributed by atoms with Gasteiger partial charge < -0.3 is 18.8 Å². The van der Waals surface area contributed by atoms with Crippen LogP contribution in [-0.4, -0.2) is 51.3 Å². The van der Waals surface area contributed by atoms with Crippen LogP contribution in [0.5, 0.6) is 11.5 Å². The van der Waals surface area contributed by atoms with Crippen molar-refractivity contribution in [2.45, 2.75) is 13.3 Å². The highest BCUT2D eigenvalue weighted by atomic mass is 16.5. The van der Waals surface area contributed by atoms with Crippen molar-refractivity contribution in [3.05, 3.63) is 64.5 Å². The summed E-state index contributed by atoms with van der Waals surface area (Å²) in [5.41, 5.74) is 2.32. The van der Waals surface area contributed by atoms with E-state index in [2.05, 4.69) is 40.1 Å². The monoisotopic (exact) mass is 408 g/mol. The summed E-state index contributed by atoms with van der Waals surface area (Å²) < 4.78 is 16.7. The fourth-order valence-electron chi connectivity index (χ4n) is 3.94. The first-order valence-corrected chi connectivity index (χ1v) is 10.4. The molecule has 0 amide bonds. The van der Waals surface area contributed by atoms with E-state index >= 15 is 0 Å². The van der Waals surface area contributed by atoms with E-state index in [1.165, 1.54) is 11.8 Å². The van der Waals surface area contributed by atoms with Crippen LogP contribution in [0, 0.1) is 6.92 Å². The standard InChI is InChI=1S/C24H28N2O4/c1-18-15-24(27)30-21-17-22(28-2)23(16-20(18)21)29-14-6-9-25-10-12-26(13-11-25)19-7-4-3-5-8-19/h3-5,7-8,15-17H,6,9-14H2,1-2H3. The first-order chi connectivity index (χ1) is 14.6. The molecule has 2 aromatic carbocycles. The van der Waals surface area contributed by atoms with Gasteiger partial charge in [-0.05, 0) is 37.1 Å². The molecule has 6 heteroatoms. The minimum Gasteiger partial charge on any atom is -0.493 e. The van der Waals surface area contributed by atoms with E-state index < -0.39 is 0 Å². The van der Waals surface area contributed by atoms with Crippen LogP contribution >= 0.6 is 0 Å². The van der Waals surface area contributed by atoms with Gasteiger partial charge in [-0.25, -0.2) is 4.79 Å². The summed E-state index contributed by atoms with van der Waals surface area (Å²) in [5.74, 6) is 1.25. The number of ether oxygens (including phenoxy) is 2. The predicted molar refractivity (Wildman–Crippen MR) is 119 cm³/mol. The number of aryl methyl sites for hydroxylation is 1. The molecule has 1 aromatic heterocycles. The number of benzene rings is 2. The van der Waals surface area contributed by atoms with E-state index in [-0.39, 0.29) is 5.63 Å². The average molecular weight is 408 g/mol. The highest BCUT2D eigenvalue weighted by molar-refractivity contribution is 5.83. The van der Waals surface area contributed by atoms with Crippen molar-refractivity contribution in [2.24, 2.45) is 0 Å². The zero-order chi connectivity index (χ0) is 20.9. The van der Waals surface area contributed by atoms with Gasteiger partial charge in [0.1, 0.15) is 5.58 Å². The predicted octanol–water partition coefficient (Wildman–Crippen LogP) is 3.70. The summed E-state index contributed by atoms with van der Waals surface area (Å²) in [4.78, 5) is 16.5. The maximum atomic E-state index is 11.6. The third-order valence-corrected chi connectivity index (χ3v) is 5.61. The number of methoxy groups -OCH3 is 1. The smallest absolute Gasteiger partial charge is 0.336 e. The molecule has 30 heavy (non-hydrogen) atoms. The molecule has 0 N–H and O–H groups in total. The summed E-state index contributed by atoms with van der Waals surface area (Å²) in [6.45, 7) is 7.73. The van der Waals surface area contributed by atoms with Crippen LogP contribution in [0.3, 0.4) is 0 Å². The SMILES string of the molecule is COc1cc2oc(=O)cc(C)c2cc1OCCCN1CCN(c2ccccc2)CC1. The third kappa shape index (κ3) is 4.60. The molecule has 0 bridgehead atoms. The van der Waals surface area contributed by atoms with Crippen molar-refractivity contribution in [1.82, 2.24) is 4.90 Å². The highest BCUT2D eigenvalue weighted by Crippen LogP contribution is 2.33. The highest BCUT2D eigenvalue weighted by Gasteiger charge is 2.17. The summed E-state index contributed by atoms with van der Waals surface area (Å²) in [6.07, 6.45) is 0.940. The Morgan fingerprint density at radius 1 is 1.00 bits per heavy atom. The van der Waals surface area contributed by atoms with Gasteiger partial charge >= 0.3 is 5.63 Å². The number of hydrogen-bond donors (Lipinski definition) is 0. The zero-order valence-electron chi connectivity index (χ0n) is 17.6. The van der Waals surface area contributed by atoms with Crippen LogP contribution in [0.4, 0.5) is 5.69 Å². The topological polar surface area (TPSA) is 55.2 Å². The van der Waals surface area contributed by atoms with E-state index in [9.17, 15) is 4.79 Å². The number of fused-ring (bicyclic) bond motifs is 1. The van der Waals surface area contributed by atoms with E-state index in [1.54, 1.807) is 13.2 Å². The Morgan fingerprint density at radius 3 is 2.50 bits per heavy atom. The summed E-state index contributed by atoms with van der Waals surface area (Å²) >= 11 is 0. The van der Waals surface area contributed by atoms with Gasteiger partial charge in [0.05, 0.1) is 13.7 Å². The molecule has 3 aromatic rings. The van der Waals surface area contributed by atoms with Crippen LogP contribution in [0.25, 0.3) is 11.0 Å². The number of nitrogens with zero attached hydrogens (tertiary/aromatic N) is 2. The van der Waals surface area contributed by atoms with Crippen LogP contribution in [0.1, 0.15) is 12.0 Å². The first kappa shape index (κ1) is 20.3.